The maximum Gasteiger partial charge on any atom is 0.414 e. The molecule has 0 saturated heterocycles. The number of aliphatic hydroxyl groups is 1. The van der Waals surface area contributed by atoms with Gasteiger partial charge in [-0.15, -0.1) is 0 Å². The second-order valence-corrected chi connectivity index (χ2v) is 11.9. The second kappa shape index (κ2) is 11.5. The molecule has 1 saturated carbocycles. The molecular weight excluding hydrogens is 536 g/mol. The summed E-state index contributed by atoms with van der Waals surface area (Å²) in [5.74, 6) is 1.24. The van der Waals surface area contributed by atoms with E-state index in [1.54, 1.807) is 46.2 Å². The molecule has 5 rings (SSSR count). The second-order valence-electron chi connectivity index (χ2n) is 11.9. The first-order valence-electron chi connectivity index (χ1n) is 14.0. The molecule has 0 spiro atoms. The molecule has 2 N–H and O–H groups in total. The molecular formula is C31H36N6O5. The molecule has 3 heterocycles. The lowest BCUT2D eigenvalue weighted by atomic mass is 9.83. The third-order valence-corrected chi connectivity index (χ3v) is 7.22. The van der Waals surface area contributed by atoms with Gasteiger partial charge in [0.05, 0.1) is 30.2 Å². The van der Waals surface area contributed by atoms with Crippen molar-refractivity contribution in [3.63, 3.8) is 0 Å². The SMILES string of the molecule is COCCOc1nc(C2CC2)ccc1Nc1nccc(-c2cc(C#N)c3c(c2)[C@@](C)(CO)CN3C(=O)OC(C)(C)C)n1. The van der Waals surface area contributed by atoms with Crippen molar-refractivity contribution in [3.05, 3.63) is 53.3 Å². The van der Waals surface area contributed by atoms with Crippen LogP contribution in [0.2, 0.25) is 0 Å². The van der Waals surface area contributed by atoms with Crippen molar-refractivity contribution < 1.29 is 24.1 Å². The highest BCUT2D eigenvalue weighted by Crippen LogP contribution is 2.45. The Bertz CT molecular complexity index is 1530. The highest BCUT2D eigenvalue weighted by atomic mass is 16.6. The van der Waals surface area contributed by atoms with Crippen molar-refractivity contribution in [3.8, 4) is 23.2 Å². The van der Waals surface area contributed by atoms with Gasteiger partial charge in [0.2, 0.25) is 11.8 Å². The van der Waals surface area contributed by atoms with Gasteiger partial charge in [0, 0.05) is 42.4 Å². The number of nitrogens with one attached hydrogen (secondary N) is 1. The smallest absolute Gasteiger partial charge is 0.414 e. The number of nitriles is 1. The minimum Gasteiger partial charge on any atom is -0.474 e. The largest absolute Gasteiger partial charge is 0.474 e. The van der Waals surface area contributed by atoms with E-state index in [9.17, 15) is 15.2 Å². The molecule has 2 aliphatic rings. The Labute approximate surface area is 245 Å². The number of amides is 1. The van der Waals surface area contributed by atoms with Crippen LogP contribution in [0.15, 0.2) is 36.5 Å². The number of carbonyl (C=O) groups is 1. The minimum absolute atomic E-state index is 0.179. The lowest BCUT2D eigenvalue weighted by molar-refractivity contribution is 0.0575. The van der Waals surface area contributed by atoms with E-state index < -0.39 is 17.1 Å². The number of hydrogen-bond acceptors (Lipinski definition) is 10. The summed E-state index contributed by atoms with van der Waals surface area (Å²) in [4.78, 5) is 28.4. The molecule has 1 aliphatic heterocycles. The van der Waals surface area contributed by atoms with Crippen molar-refractivity contribution in [2.45, 2.75) is 57.5 Å². The van der Waals surface area contributed by atoms with Crippen LogP contribution in [-0.2, 0) is 14.9 Å². The van der Waals surface area contributed by atoms with Crippen LogP contribution in [0, 0.1) is 11.3 Å². The van der Waals surface area contributed by atoms with Crippen LogP contribution in [0.5, 0.6) is 5.88 Å². The molecule has 11 nitrogen and oxygen atoms in total. The molecule has 1 fully saturated rings. The van der Waals surface area contributed by atoms with E-state index in [4.69, 9.17) is 24.2 Å². The average molecular weight is 573 g/mol. The molecule has 3 aromatic rings. The predicted molar refractivity (Wildman–Crippen MR) is 157 cm³/mol. The van der Waals surface area contributed by atoms with Crippen LogP contribution < -0.4 is 15.0 Å². The Hall–Kier alpha value is -4.27. The summed E-state index contributed by atoms with van der Waals surface area (Å²) in [6, 6.07) is 11.4. The van der Waals surface area contributed by atoms with E-state index in [1.807, 2.05) is 25.1 Å². The van der Waals surface area contributed by atoms with Gasteiger partial charge in [-0.3, -0.25) is 4.90 Å². The van der Waals surface area contributed by atoms with Crippen molar-refractivity contribution in [1.82, 2.24) is 15.0 Å². The lowest BCUT2D eigenvalue weighted by Gasteiger charge is -2.26. The molecule has 1 atom stereocenters. The molecule has 0 bridgehead atoms. The molecule has 2 aromatic heterocycles. The van der Waals surface area contributed by atoms with Crippen LogP contribution in [0.4, 0.5) is 22.1 Å². The van der Waals surface area contributed by atoms with Crippen molar-refractivity contribution in [2.24, 2.45) is 0 Å². The number of aromatic nitrogens is 3. The van der Waals surface area contributed by atoms with E-state index in [2.05, 4.69) is 16.4 Å². The number of aliphatic hydroxyl groups excluding tert-OH is 1. The topological polar surface area (TPSA) is 143 Å². The van der Waals surface area contributed by atoms with Crippen LogP contribution in [0.3, 0.4) is 0 Å². The number of nitrogens with zero attached hydrogens (tertiary/aromatic N) is 5. The highest BCUT2D eigenvalue weighted by molar-refractivity contribution is 5.95. The highest BCUT2D eigenvalue weighted by Gasteiger charge is 2.44. The minimum atomic E-state index is -0.800. The molecule has 220 valence electrons. The van der Waals surface area contributed by atoms with Gasteiger partial charge >= 0.3 is 6.09 Å². The fraction of sp³-hybridized carbons (Fsp3) is 0.452. The molecule has 11 heteroatoms. The van der Waals surface area contributed by atoms with Gasteiger partial charge in [0.15, 0.2) is 0 Å². The predicted octanol–water partition coefficient (Wildman–Crippen LogP) is 5.06. The van der Waals surface area contributed by atoms with Crippen LogP contribution >= 0.6 is 0 Å². The fourth-order valence-corrected chi connectivity index (χ4v) is 4.93. The number of ether oxygens (including phenoxy) is 3. The molecule has 42 heavy (non-hydrogen) atoms. The first-order valence-corrected chi connectivity index (χ1v) is 14.0. The summed E-state index contributed by atoms with van der Waals surface area (Å²) in [6.45, 7) is 7.95. The third-order valence-electron chi connectivity index (χ3n) is 7.22. The Balaban J connectivity index is 1.48. The first kappa shape index (κ1) is 29.2. The Morgan fingerprint density at radius 3 is 2.67 bits per heavy atom. The molecule has 1 aliphatic carbocycles. The molecule has 0 radical (unpaired) electrons. The number of fused-ring (bicyclic) bond motifs is 1. The van der Waals surface area contributed by atoms with E-state index in [0.717, 1.165) is 18.5 Å². The van der Waals surface area contributed by atoms with Gasteiger partial charge in [-0.25, -0.2) is 19.7 Å². The Kier molecular flexibility index (Phi) is 8.03. The maximum absolute atomic E-state index is 13.1. The zero-order chi connectivity index (χ0) is 30.1. The van der Waals surface area contributed by atoms with Crippen molar-refractivity contribution >= 4 is 23.4 Å². The van der Waals surface area contributed by atoms with Gasteiger partial charge in [-0.2, -0.15) is 5.26 Å². The third kappa shape index (κ3) is 6.15. The summed E-state index contributed by atoms with van der Waals surface area (Å²) in [5, 5.41) is 23.7. The monoisotopic (exact) mass is 572 g/mol. The summed E-state index contributed by atoms with van der Waals surface area (Å²) < 4.78 is 16.6. The summed E-state index contributed by atoms with van der Waals surface area (Å²) >= 11 is 0. The quantitative estimate of drug-likeness (QED) is 0.334. The normalized spacial score (nSPS) is 17.9. The van der Waals surface area contributed by atoms with Gasteiger partial charge in [0.25, 0.3) is 0 Å². The maximum atomic E-state index is 13.1. The number of carbonyl (C=O) groups excluding carboxylic acids is 1. The summed E-state index contributed by atoms with van der Waals surface area (Å²) in [5.41, 5.74) is 2.73. The molecule has 0 unspecified atom stereocenters. The molecule has 1 aromatic carbocycles. The van der Waals surface area contributed by atoms with Crippen LogP contribution in [0.25, 0.3) is 11.3 Å². The van der Waals surface area contributed by atoms with Crippen molar-refractivity contribution in [1.29, 1.82) is 5.26 Å². The van der Waals surface area contributed by atoms with E-state index in [1.165, 1.54) is 4.90 Å². The van der Waals surface area contributed by atoms with Gasteiger partial charge in [0.1, 0.15) is 24.0 Å². The Morgan fingerprint density at radius 2 is 2.00 bits per heavy atom. The fourth-order valence-electron chi connectivity index (χ4n) is 4.93. The van der Waals surface area contributed by atoms with E-state index in [-0.39, 0.29) is 18.7 Å². The van der Waals surface area contributed by atoms with Gasteiger partial charge < -0.3 is 24.6 Å². The molecule has 1 amide bonds. The number of benzene rings is 1. The van der Waals surface area contributed by atoms with Crippen LogP contribution in [-0.4, -0.2) is 65.2 Å². The Morgan fingerprint density at radius 1 is 1.21 bits per heavy atom. The lowest BCUT2D eigenvalue weighted by Crippen LogP contribution is -2.40. The van der Waals surface area contributed by atoms with E-state index >= 15 is 0 Å². The first-order chi connectivity index (χ1) is 20.0. The van der Waals surface area contributed by atoms with Gasteiger partial charge in [-0.1, -0.05) is 6.92 Å². The number of anilines is 3. The zero-order valence-corrected chi connectivity index (χ0v) is 24.6. The average Bonchev–Trinajstić information content (AvgIpc) is 3.76. The van der Waals surface area contributed by atoms with E-state index in [0.29, 0.717) is 59.2 Å². The van der Waals surface area contributed by atoms with Crippen LogP contribution in [0.1, 0.15) is 63.3 Å². The summed E-state index contributed by atoms with van der Waals surface area (Å²) in [6.07, 6.45) is 3.31. The van der Waals surface area contributed by atoms with Crippen molar-refractivity contribution in [2.75, 3.05) is 43.7 Å². The number of methoxy groups -OCH3 is 1. The van der Waals surface area contributed by atoms with Gasteiger partial charge in [-0.05, 0) is 69.5 Å². The standard InChI is InChI=1S/C31H36N6O5/c1-30(2,3)42-29(39)37-17-31(4,18-38)22-15-20(14-21(16-32)26(22)37)24-10-11-33-28(35-24)36-25-9-8-23(19-6-7-19)34-27(25)41-13-12-40-5/h8-11,14-15,19,38H,6-7,12-13,17-18H2,1-5H3,(H,33,35,36)/t31-/m1/s1. The zero-order valence-electron chi connectivity index (χ0n) is 24.6. The summed E-state index contributed by atoms with van der Waals surface area (Å²) in [7, 11) is 1.62. The number of hydrogen-bond donors (Lipinski definition) is 2. The number of pyridine rings is 1. The number of rotatable bonds is 9.